The van der Waals surface area contributed by atoms with Gasteiger partial charge in [-0.05, 0) is 103 Å². The molecule has 4 aliphatic rings. The molecule has 7 atom stereocenters. The standard InChI is InChI=1S/C44H58O7/c1-30(21-22-38-41(3,4)51-42(5,6)50-38)35(31(2)24-26-47-28-32-15-10-8-11-16-32)19-14-20-36-39-37(45)27-34-23-25-43(7,40(36)46)44(39,49-34)48-29-33-17-12-9-13-18-33/h8-13,15-18,20,30,34-35,38-39H,2,14,19,21-29H2,1,3-7H3/b36-20+/t30-,34?,35-,38-,39-,43?,44?/m1/s1. The number of benzene rings is 2. The van der Waals surface area contributed by atoms with Crippen molar-refractivity contribution < 1.29 is 33.3 Å². The van der Waals surface area contributed by atoms with Gasteiger partial charge in [0, 0.05) is 12.0 Å². The van der Waals surface area contributed by atoms with Gasteiger partial charge in [0.05, 0.1) is 43.0 Å². The molecule has 0 aromatic heterocycles. The summed E-state index contributed by atoms with van der Waals surface area (Å²) in [6.07, 6.45) is 7.50. The third kappa shape index (κ3) is 7.89. The van der Waals surface area contributed by atoms with Gasteiger partial charge in [0.15, 0.2) is 17.4 Å². The largest absolute Gasteiger partial charge is 0.376 e. The van der Waals surface area contributed by atoms with Crippen molar-refractivity contribution in [3.63, 3.8) is 0 Å². The van der Waals surface area contributed by atoms with Crippen LogP contribution < -0.4 is 0 Å². The molecule has 51 heavy (non-hydrogen) atoms. The SMILES string of the molecule is C=C(CCOCc1ccccc1)[C@H](CC/C=C1/C(=O)C2(C)CCC3CC(=O)[C@@H]1C2(OCc1ccccc1)O3)[C@H](C)CC[C@H]1OC(C)(C)OC1(C)C. The number of allylic oxidation sites excluding steroid dienone is 1. The Morgan fingerprint density at radius 3 is 2.25 bits per heavy atom. The summed E-state index contributed by atoms with van der Waals surface area (Å²) in [6, 6.07) is 20.1. The van der Waals surface area contributed by atoms with Crippen molar-refractivity contribution in [3.8, 4) is 0 Å². The van der Waals surface area contributed by atoms with Crippen LogP contribution >= 0.6 is 0 Å². The third-order valence-corrected chi connectivity index (χ3v) is 11.9. The van der Waals surface area contributed by atoms with E-state index in [1.165, 1.54) is 0 Å². The Morgan fingerprint density at radius 1 is 0.941 bits per heavy atom. The second kappa shape index (κ2) is 15.2. The molecule has 276 valence electrons. The molecule has 2 bridgehead atoms. The van der Waals surface area contributed by atoms with E-state index in [9.17, 15) is 9.59 Å². The molecule has 3 saturated heterocycles. The minimum Gasteiger partial charge on any atom is -0.376 e. The zero-order chi connectivity index (χ0) is 36.4. The zero-order valence-corrected chi connectivity index (χ0v) is 31.6. The van der Waals surface area contributed by atoms with E-state index in [1.54, 1.807) is 0 Å². The number of ether oxygens (including phenoxy) is 5. The first-order valence-electron chi connectivity index (χ1n) is 19.1. The summed E-state index contributed by atoms with van der Waals surface area (Å²) in [5.74, 6) is -2.04. The fourth-order valence-corrected chi connectivity index (χ4v) is 9.19. The predicted molar refractivity (Wildman–Crippen MR) is 197 cm³/mol. The summed E-state index contributed by atoms with van der Waals surface area (Å²) >= 11 is 0. The molecule has 0 N–H and O–H groups in total. The number of Topliss-reactive ketones (excluding diaryl/α,β-unsaturated/α-hetero) is 2. The topological polar surface area (TPSA) is 80.3 Å². The number of hydrogen-bond donors (Lipinski definition) is 0. The minimum absolute atomic E-state index is 0.00442. The fraction of sp³-hybridized carbons (Fsp3) is 0.591. The Labute approximate surface area is 305 Å². The number of carbonyl (C=O) groups excluding carboxylic acids is 2. The maximum Gasteiger partial charge on any atom is 0.195 e. The van der Waals surface area contributed by atoms with Crippen molar-refractivity contribution in [1.29, 1.82) is 0 Å². The highest BCUT2D eigenvalue weighted by molar-refractivity contribution is 6.10. The summed E-state index contributed by atoms with van der Waals surface area (Å²) in [7, 11) is 0. The molecule has 6 rings (SSSR count). The summed E-state index contributed by atoms with van der Waals surface area (Å²) in [4.78, 5) is 28.2. The summed E-state index contributed by atoms with van der Waals surface area (Å²) < 4.78 is 31.9. The van der Waals surface area contributed by atoms with Crippen LogP contribution in [-0.2, 0) is 46.5 Å². The van der Waals surface area contributed by atoms with E-state index in [0.29, 0.717) is 50.4 Å². The second-order valence-electron chi connectivity index (χ2n) is 16.5. The van der Waals surface area contributed by atoms with Gasteiger partial charge in [-0.25, -0.2) is 0 Å². The van der Waals surface area contributed by atoms with Gasteiger partial charge >= 0.3 is 0 Å². The monoisotopic (exact) mass is 698 g/mol. The van der Waals surface area contributed by atoms with Crippen molar-refractivity contribution in [2.75, 3.05) is 6.61 Å². The molecule has 4 fully saturated rings. The Morgan fingerprint density at radius 2 is 1.61 bits per heavy atom. The van der Waals surface area contributed by atoms with E-state index in [2.05, 4.69) is 39.5 Å². The van der Waals surface area contributed by atoms with Gasteiger partial charge in [0.25, 0.3) is 0 Å². The molecule has 7 heteroatoms. The van der Waals surface area contributed by atoms with E-state index >= 15 is 0 Å². The molecule has 2 aromatic carbocycles. The molecular weight excluding hydrogens is 640 g/mol. The third-order valence-electron chi connectivity index (χ3n) is 11.9. The Balaban J connectivity index is 1.18. The lowest BCUT2D eigenvalue weighted by molar-refractivity contribution is -0.344. The van der Waals surface area contributed by atoms with Gasteiger partial charge in [-0.15, -0.1) is 0 Å². The van der Waals surface area contributed by atoms with E-state index in [-0.39, 0.29) is 41.9 Å². The molecule has 1 aliphatic carbocycles. The molecule has 1 saturated carbocycles. The van der Waals surface area contributed by atoms with Crippen LogP contribution in [0.1, 0.15) is 104 Å². The first-order valence-corrected chi connectivity index (χ1v) is 19.1. The van der Waals surface area contributed by atoms with Crippen LogP contribution in [0, 0.1) is 23.2 Å². The molecular formula is C44H58O7. The average Bonchev–Trinajstić information content (AvgIpc) is 3.45. The lowest BCUT2D eigenvalue weighted by atomic mass is 9.70. The van der Waals surface area contributed by atoms with Crippen LogP contribution in [0.4, 0.5) is 0 Å². The Kier molecular flexibility index (Phi) is 11.3. The van der Waals surface area contributed by atoms with E-state index in [1.807, 2.05) is 75.4 Å². The summed E-state index contributed by atoms with van der Waals surface area (Å²) in [5, 5.41) is 0. The van der Waals surface area contributed by atoms with Gasteiger partial charge in [-0.3, -0.25) is 9.59 Å². The molecule has 7 nitrogen and oxygen atoms in total. The number of carbonyl (C=O) groups is 2. The van der Waals surface area contributed by atoms with Gasteiger partial charge < -0.3 is 23.7 Å². The summed E-state index contributed by atoms with van der Waals surface area (Å²) in [6.45, 7) is 18.4. The van der Waals surface area contributed by atoms with Crippen LogP contribution in [0.5, 0.6) is 0 Å². The van der Waals surface area contributed by atoms with Crippen molar-refractivity contribution >= 4 is 11.6 Å². The second-order valence-corrected chi connectivity index (χ2v) is 16.5. The van der Waals surface area contributed by atoms with Gasteiger partial charge in [0.1, 0.15) is 11.7 Å². The van der Waals surface area contributed by atoms with Crippen LogP contribution in [0.25, 0.3) is 0 Å². The molecule has 0 spiro atoms. The van der Waals surface area contributed by atoms with Crippen LogP contribution in [0.3, 0.4) is 0 Å². The summed E-state index contributed by atoms with van der Waals surface area (Å²) in [5.41, 5.74) is 2.57. The van der Waals surface area contributed by atoms with Gasteiger partial charge in [-0.1, -0.05) is 85.8 Å². The fourth-order valence-electron chi connectivity index (χ4n) is 9.19. The predicted octanol–water partition coefficient (Wildman–Crippen LogP) is 9.09. The highest BCUT2D eigenvalue weighted by Crippen LogP contribution is 2.62. The maximum atomic E-state index is 14.4. The minimum atomic E-state index is -1.28. The number of ketones is 2. The Hall–Kier alpha value is -2.94. The van der Waals surface area contributed by atoms with E-state index in [0.717, 1.165) is 42.4 Å². The first-order chi connectivity index (χ1) is 24.2. The highest BCUT2D eigenvalue weighted by atomic mass is 16.8. The van der Waals surface area contributed by atoms with Gasteiger partial charge in [-0.2, -0.15) is 0 Å². The van der Waals surface area contributed by atoms with Crippen molar-refractivity contribution in [2.24, 2.45) is 23.2 Å². The van der Waals surface area contributed by atoms with Crippen LogP contribution in [0.2, 0.25) is 0 Å². The Bertz CT molecular complexity index is 1580. The number of rotatable bonds is 16. The molecule has 2 aromatic rings. The van der Waals surface area contributed by atoms with E-state index in [4.69, 9.17) is 23.7 Å². The van der Waals surface area contributed by atoms with Crippen molar-refractivity contribution in [2.45, 2.75) is 136 Å². The quantitative estimate of drug-likeness (QED) is 0.0983. The normalized spacial score (nSPS) is 31.2. The molecule has 3 aliphatic heterocycles. The lowest BCUT2D eigenvalue weighted by Gasteiger charge is -2.52. The zero-order valence-electron chi connectivity index (χ0n) is 31.6. The van der Waals surface area contributed by atoms with Crippen molar-refractivity contribution in [3.05, 3.63) is 95.6 Å². The maximum absolute atomic E-state index is 14.4. The smallest absolute Gasteiger partial charge is 0.195 e. The first kappa shape index (κ1) is 37.8. The molecule has 3 heterocycles. The van der Waals surface area contributed by atoms with Crippen LogP contribution in [-0.4, -0.2) is 47.6 Å². The molecule has 3 unspecified atom stereocenters. The van der Waals surface area contributed by atoms with Gasteiger partial charge in [0.2, 0.25) is 0 Å². The van der Waals surface area contributed by atoms with E-state index < -0.39 is 22.9 Å². The highest BCUT2D eigenvalue weighted by Gasteiger charge is 2.73. The molecule has 0 amide bonds. The number of hydrogen-bond acceptors (Lipinski definition) is 7. The average molecular weight is 699 g/mol. The van der Waals surface area contributed by atoms with Crippen LogP contribution in [0.15, 0.2) is 84.5 Å². The molecule has 0 radical (unpaired) electrons. The van der Waals surface area contributed by atoms with Crippen molar-refractivity contribution in [1.82, 2.24) is 0 Å². The lowest BCUT2D eigenvalue weighted by Crippen LogP contribution is -2.62. The number of fused-ring (bicyclic) bond motifs is 1.